The van der Waals surface area contributed by atoms with Crippen LogP contribution in [0.15, 0.2) is 67.5 Å². The highest BCUT2D eigenvalue weighted by Gasteiger charge is 2.18. The first-order valence-corrected chi connectivity index (χ1v) is 8.15. The van der Waals surface area contributed by atoms with Gasteiger partial charge in [-0.2, -0.15) is 10.2 Å². The maximum absolute atomic E-state index is 12.3. The van der Waals surface area contributed by atoms with E-state index in [9.17, 15) is 4.79 Å². The standard InChI is InChI=1S/C19H21N5O/c1-3-19(25)23(18-11-13-22(2)21-18)15-17-9-12-20-24(17)14-10-16-7-5-4-6-8-16/h3-9,11-13H,1,10,14-15H2,2H3. The van der Waals surface area contributed by atoms with E-state index in [2.05, 4.69) is 28.9 Å². The number of anilines is 1. The predicted octanol–water partition coefficient (Wildman–Crippen LogP) is 2.58. The molecule has 0 aliphatic rings. The van der Waals surface area contributed by atoms with Crippen molar-refractivity contribution in [3.05, 3.63) is 78.8 Å². The van der Waals surface area contributed by atoms with Crippen molar-refractivity contribution < 1.29 is 4.79 Å². The molecule has 0 spiro atoms. The molecular weight excluding hydrogens is 314 g/mol. The van der Waals surface area contributed by atoms with Crippen LogP contribution in [0.4, 0.5) is 5.82 Å². The van der Waals surface area contributed by atoms with Crippen molar-refractivity contribution in [2.24, 2.45) is 7.05 Å². The number of carbonyl (C=O) groups excluding carboxylic acids is 1. The van der Waals surface area contributed by atoms with Gasteiger partial charge in [0.05, 0.1) is 12.2 Å². The first-order valence-electron chi connectivity index (χ1n) is 8.15. The minimum absolute atomic E-state index is 0.186. The molecule has 0 radical (unpaired) electrons. The molecule has 1 aromatic carbocycles. The average molecular weight is 335 g/mol. The van der Waals surface area contributed by atoms with Gasteiger partial charge >= 0.3 is 0 Å². The fourth-order valence-electron chi connectivity index (χ4n) is 2.67. The SMILES string of the molecule is C=CC(=O)N(Cc1ccnn1CCc1ccccc1)c1ccn(C)n1. The second-order valence-corrected chi connectivity index (χ2v) is 5.76. The molecule has 3 rings (SSSR count). The molecular formula is C19H21N5O. The number of nitrogens with zero attached hydrogens (tertiary/aromatic N) is 5. The lowest BCUT2D eigenvalue weighted by atomic mass is 10.1. The quantitative estimate of drug-likeness (QED) is 0.624. The van der Waals surface area contributed by atoms with Gasteiger partial charge in [-0.3, -0.25) is 19.1 Å². The lowest BCUT2D eigenvalue weighted by Crippen LogP contribution is -2.30. The van der Waals surface area contributed by atoms with Crippen LogP contribution in [-0.4, -0.2) is 25.5 Å². The summed E-state index contributed by atoms with van der Waals surface area (Å²) in [6.45, 7) is 4.75. The molecule has 1 amide bonds. The van der Waals surface area contributed by atoms with Gasteiger partial charge < -0.3 is 0 Å². The Morgan fingerprint density at radius 2 is 2.04 bits per heavy atom. The molecule has 0 atom stereocenters. The number of aryl methyl sites for hydroxylation is 3. The molecule has 0 saturated carbocycles. The van der Waals surface area contributed by atoms with Crippen LogP contribution < -0.4 is 4.90 Å². The maximum atomic E-state index is 12.3. The predicted molar refractivity (Wildman–Crippen MR) is 97.0 cm³/mol. The Labute approximate surface area is 147 Å². The zero-order valence-corrected chi connectivity index (χ0v) is 14.2. The molecule has 2 aromatic heterocycles. The molecule has 0 fully saturated rings. The molecule has 0 saturated heterocycles. The van der Waals surface area contributed by atoms with Crippen LogP contribution in [0.25, 0.3) is 0 Å². The topological polar surface area (TPSA) is 56.0 Å². The van der Waals surface area contributed by atoms with Gasteiger partial charge in [0.1, 0.15) is 0 Å². The Kier molecular flexibility index (Phi) is 5.09. The number of carbonyl (C=O) groups is 1. The monoisotopic (exact) mass is 335 g/mol. The molecule has 0 aliphatic heterocycles. The third-order valence-corrected chi connectivity index (χ3v) is 4.00. The molecule has 25 heavy (non-hydrogen) atoms. The van der Waals surface area contributed by atoms with Crippen molar-refractivity contribution in [1.29, 1.82) is 0 Å². The summed E-state index contributed by atoms with van der Waals surface area (Å²) in [5.74, 6) is 0.415. The van der Waals surface area contributed by atoms with Gasteiger partial charge in [-0.1, -0.05) is 36.9 Å². The third-order valence-electron chi connectivity index (χ3n) is 4.00. The second kappa shape index (κ2) is 7.61. The van der Waals surface area contributed by atoms with Crippen molar-refractivity contribution >= 4 is 11.7 Å². The second-order valence-electron chi connectivity index (χ2n) is 5.76. The number of hydrogen-bond acceptors (Lipinski definition) is 3. The number of aromatic nitrogens is 4. The lowest BCUT2D eigenvalue weighted by molar-refractivity contribution is -0.114. The molecule has 0 N–H and O–H groups in total. The molecule has 0 aliphatic carbocycles. The van der Waals surface area contributed by atoms with Crippen LogP contribution >= 0.6 is 0 Å². The first kappa shape index (κ1) is 16.7. The van der Waals surface area contributed by atoms with Crippen LogP contribution in [0.3, 0.4) is 0 Å². The van der Waals surface area contributed by atoms with Gasteiger partial charge in [0.15, 0.2) is 5.82 Å². The van der Waals surface area contributed by atoms with E-state index in [4.69, 9.17) is 0 Å². The largest absolute Gasteiger partial charge is 0.286 e. The van der Waals surface area contributed by atoms with Crippen molar-refractivity contribution in [2.45, 2.75) is 19.5 Å². The molecule has 6 nitrogen and oxygen atoms in total. The maximum Gasteiger partial charge on any atom is 0.251 e. The van der Waals surface area contributed by atoms with E-state index in [0.717, 1.165) is 18.7 Å². The molecule has 0 unspecified atom stereocenters. The Bertz CT molecular complexity index is 850. The van der Waals surface area contributed by atoms with Crippen LogP contribution in [0.1, 0.15) is 11.3 Å². The van der Waals surface area contributed by atoms with Gasteiger partial charge in [0, 0.05) is 32.1 Å². The zero-order valence-electron chi connectivity index (χ0n) is 14.2. The third kappa shape index (κ3) is 4.03. The van der Waals surface area contributed by atoms with Gasteiger partial charge in [-0.15, -0.1) is 0 Å². The van der Waals surface area contributed by atoms with Crippen LogP contribution in [0.2, 0.25) is 0 Å². The van der Waals surface area contributed by atoms with E-state index in [1.54, 1.807) is 15.8 Å². The van der Waals surface area contributed by atoms with Crippen molar-refractivity contribution in [3.8, 4) is 0 Å². The fraction of sp³-hybridized carbons (Fsp3) is 0.211. The summed E-state index contributed by atoms with van der Waals surface area (Å²) in [6.07, 6.45) is 5.76. The Balaban J connectivity index is 1.76. The van der Waals surface area contributed by atoms with Crippen LogP contribution in [0.5, 0.6) is 0 Å². The summed E-state index contributed by atoms with van der Waals surface area (Å²) >= 11 is 0. The van der Waals surface area contributed by atoms with Gasteiger partial charge in [-0.25, -0.2) is 0 Å². The molecule has 3 aromatic rings. The highest BCUT2D eigenvalue weighted by atomic mass is 16.2. The first-order chi connectivity index (χ1) is 12.2. The minimum Gasteiger partial charge on any atom is -0.286 e. The van der Waals surface area contributed by atoms with Gasteiger partial charge in [0.25, 0.3) is 5.91 Å². The fourth-order valence-corrected chi connectivity index (χ4v) is 2.67. The van der Waals surface area contributed by atoms with E-state index >= 15 is 0 Å². The van der Waals surface area contributed by atoms with E-state index < -0.39 is 0 Å². The zero-order chi connectivity index (χ0) is 17.6. The molecule has 128 valence electrons. The molecule has 2 heterocycles. The Morgan fingerprint density at radius 1 is 1.24 bits per heavy atom. The summed E-state index contributed by atoms with van der Waals surface area (Å²) in [5, 5.41) is 8.72. The van der Waals surface area contributed by atoms with E-state index in [0.29, 0.717) is 12.4 Å². The van der Waals surface area contributed by atoms with Crippen LogP contribution in [-0.2, 0) is 31.4 Å². The number of hydrogen-bond donors (Lipinski definition) is 0. The average Bonchev–Trinajstić information content (AvgIpc) is 3.26. The number of rotatable bonds is 7. The molecule has 0 bridgehead atoms. The van der Waals surface area contributed by atoms with E-state index in [1.165, 1.54) is 11.6 Å². The highest BCUT2D eigenvalue weighted by molar-refractivity contribution is 6.00. The van der Waals surface area contributed by atoms with E-state index in [-0.39, 0.29) is 5.91 Å². The normalized spacial score (nSPS) is 10.6. The number of benzene rings is 1. The minimum atomic E-state index is -0.186. The van der Waals surface area contributed by atoms with Gasteiger partial charge in [-0.05, 0) is 24.1 Å². The highest BCUT2D eigenvalue weighted by Crippen LogP contribution is 2.15. The van der Waals surface area contributed by atoms with Crippen molar-refractivity contribution in [1.82, 2.24) is 19.6 Å². The Morgan fingerprint density at radius 3 is 2.72 bits per heavy atom. The summed E-state index contributed by atoms with van der Waals surface area (Å²) in [5.41, 5.74) is 2.21. The smallest absolute Gasteiger partial charge is 0.251 e. The van der Waals surface area contributed by atoms with Gasteiger partial charge in [0.2, 0.25) is 0 Å². The summed E-state index contributed by atoms with van der Waals surface area (Å²) < 4.78 is 3.60. The van der Waals surface area contributed by atoms with Crippen LogP contribution in [0, 0.1) is 0 Å². The van der Waals surface area contributed by atoms with E-state index in [1.807, 2.05) is 48.3 Å². The number of amides is 1. The Hall–Kier alpha value is -3.15. The lowest BCUT2D eigenvalue weighted by Gasteiger charge is -2.19. The van der Waals surface area contributed by atoms with Crippen molar-refractivity contribution in [2.75, 3.05) is 4.90 Å². The summed E-state index contributed by atoms with van der Waals surface area (Å²) in [4.78, 5) is 13.9. The molecule has 6 heteroatoms. The summed E-state index contributed by atoms with van der Waals surface area (Å²) in [7, 11) is 1.82. The van der Waals surface area contributed by atoms with Crippen molar-refractivity contribution in [3.63, 3.8) is 0 Å². The summed E-state index contributed by atoms with van der Waals surface area (Å²) in [6, 6.07) is 14.0.